The minimum atomic E-state index is -0.842. The molecule has 1 aromatic rings. The summed E-state index contributed by atoms with van der Waals surface area (Å²) in [6.45, 7) is 1.98. The topological polar surface area (TPSA) is 112 Å². The fourth-order valence-corrected chi connectivity index (χ4v) is 2.57. The molecule has 8 heteroatoms. The Balaban J connectivity index is 2.06. The molecule has 0 saturated carbocycles. The SMILES string of the molecule is CC1CC(C(=O)O)CCN1C(=O)Cn1ccc(=O)[nH]c1=O. The highest BCUT2D eigenvalue weighted by Crippen LogP contribution is 2.23. The van der Waals surface area contributed by atoms with E-state index in [9.17, 15) is 19.2 Å². The first-order valence-electron chi connectivity index (χ1n) is 6.70. The number of nitrogens with zero attached hydrogens (tertiary/aromatic N) is 2. The second kappa shape index (κ2) is 5.94. The number of carbonyl (C=O) groups excluding carboxylic acids is 1. The van der Waals surface area contributed by atoms with Crippen molar-refractivity contribution in [3.05, 3.63) is 33.1 Å². The molecule has 1 saturated heterocycles. The molecule has 1 fully saturated rings. The van der Waals surface area contributed by atoms with E-state index >= 15 is 0 Å². The summed E-state index contributed by atoms with van der Waals surface area (Å²) in [4.78, 5) is 49.3. The first kappa shape index (κ1) is 15.0. The van der Waals surface area contributed by atoms with Gasteiger partial charge in [0.15, 0.2) is 0 Å². The third-order valence-electron chi connectivity index (χ3n) is 3.75. The zero-order chi connectivity index (χ0) is 15.6. The zero-order valence-electron chi connectivity index (χ0n) is 11.6. The van der Waals surface area contributed by atoms with Crippen LogP contribution in [0.3, 0.4) is 0 Å². The molecule has 2 unspecified atom stereocenters. The summed E-state index contributed by atoms with van der Waals surface area (Å²) in [6.07, 6.45) is 2.08. The number of aliphatic carboxylic acids is 1. The van der Waals surface area contributed by atoms with E-state index in [2.05, 4.69) is 4.98 Å². The lowest BCUT2D eigenvalue weighted by molar-refractivity contribution is -0.147. The zero-order valence-corrected chi connectivity index (χ0v) is 11.6. The first-order chi connectivity index (χ1) is 9.88. The Bertz CT molecular complexity index is 662. The van der Waals surface area contributed by atoms with Gasteiger partial charge in [-0.05, 0) is 19.8 Å². The molecule has 114 valence electrons. The number of likely N-dealkylation sites (tertiary alicyclic amines) is 1. The van der Waals surface area contributed by atoms with Crippen molar-refractivity contribution < 1.29 is 14.7 Å². The quantitative estimate of drug-likeness (QED) is 0.761. The van der Waals surface area contributed by atoms with Crippen molar-refractivity contribution in [2.24, 2.45) is 5.92 Å². The molecule has 2 N–H and O–H groups in total. The second-order valence-corrected chi connectivity index (χ2v) is 5.23. The fourth-order valence-electron chi connectivity index (χ4n) is 2.57. The van der Waals surface area contributed by atoms with Crippen LogP contribution >= 0.6 is 0 Å². The van der Waals surface area contributed by atoms with Crippen molar-refractivity contribution in [3.8, 4) is 0 Å². The molecule has 0 aromatic carbocycles. The lowest BCUT2D eigenvalue weighted by Crippen LogP contribution is -2.48. The normalized spacial score (nSPS) is 22.0. The molecule has 0 spiro atoms. The average molecular weight is 295 g/mol. The van der Waals surface area contributed by atoms with Gasteiger partial charge < -0.3 is 10.0 Å². The minimum Gasteiger partial charge on any atom is -0.481 e. The Morgan fingerprint density at radius 1 is 1.43 bits per heavy atom. The van der Waals surface area contributed by atoms with E-state index < -0.39 is 23.1 Å². The van der Waals surface area contributed by atoms with Gasteiger partial charge in [0.05, 0.1) is 5.92 Å². The highest BCUT2D eigenvalue weighted by Gasteiger charge is 2.32. The van der Waals surface area contributed by atoms with E-state index in [1.165, 1.54) is 12.3 Å². The molecule has 8 nitrogen and oxygen atoms in total. The van der Waals surface area contributed by atoms with Gasteiger partial charge in [0.25, 0.3) is 5.56 Å². The number of hydrogen-bond donors (Lipinski definition) is 2. The summed E-state index contributed by atoms with van der Waals surface area (Å²) < 4.78 is 1.12. The van der Waals surface area contributed by atoms with Gasteiger partial charge in [-0.2, -0.15) is 0 Å². The molecule has 2 atom stereocenters. The van der Waals surface area contributed by atoms with Gasteiger partial charge in [-0.25, -0.2) is 4.79 Å². The van der Waals surface area contributed by atoms with Gasteiger partial charge in [0.1, 0.15) is 6.54 Å². The highest BCUT2D eigenvalue weighted by atomic mass is 16.4. The van der Waals surface area contributed by atoms with E-state index in [1.807, 2.05) is 0 Å². The van der Waals surface area contributed by atoms with Crippen LogP contribution in [0.5, 0.6) is 0 Å². The Labute approximate surface area is 120 Å². The van der Waals surface area contributed by atoms with Gasteiger partial charge in [-0.3, -0.25) is 23.9 Å². The van der Waals surface area contributed by atoms with Crippen LogP contribution < -0.4 is 11.2 Å². The van der Waals surface area contributed by atoms with Crippen molar-refractivity contribution in [1.82, 2.24) is 14.5 Å². The Hall–Kier alpha value is -2.38. The molecule has 0 aliphatic carbocycles. The lowest BCUT2D eigenvalue weighted by atomic mass is 9.92. The average Bonchev–Trinajstić information content (AvgIpc) is 2.41. The minimum absolute atomic E-state index is 0.169. The molecular weight excluding hydrogens is 278 g/mol. The molecule has 1 amide bonds. The van der Waals surface area contributed by atoms with Crippen LogP contribution in [-0.2, 0) is 16.1 Å². The van der Waals surface area contributed by atoms with Gasteiger partial charge in [-0.1, -0.05) is 0 Å². The van der Waals surface area contributed by atoms with Crippen LogP contribution in [0.15, 0.2) is 21.9 Å². The summed E-state index contributed by atoms with van der Waals surface area (Å²) in [7, 11) is 0. The van der Waals surface area contributed by atoms with Crippen molar-refractivity contribution in [2.45, 2.75) is 32.4 Å². The molecule has 1 aliphatic heterocycles. The maximum Gasteiger partial charge on any atom is 0.328 e. The second-order valence-electron chi connectivity index (χ2n) is 5.23. The number of nitrogens with one attached hydrogen (secondary N) is 1. The fraction of sp³-hybridized carbons (Fsp3) is 0.538. The van der Waals surface area contributed by atoms with Crippen molar-refractivity contribution >= 4 is 11.9 Å². The number of hydrogen-bond acceptors (Lipinski definition) is 4. The lowest BCUT2D eigenvalue weighted by Gasteiger charge is -2.36. The van der Waals surface area contributed by atoms with E-state index in [0.29, 0.717) is 19.4 Å². The molecule has 0 bridgehead atoms. The summed E-state index contributed by atoms with van der Waals surface area (Å²) in [5.74, 6) is -1.54. The number of aromatic amines is 1. The number of carbonyl (C=O) groups is 2. The van der Waals surface area contributed by atoms with Crippen molar-refractivity contribution in [3.63, 3.8) is 0 Å². The number of carboxylic acids is 1. The van der Waals surface area contributed by atoms with Gasteiger partial charge >= 0.3 is 11.7 Å². The van der Waals surface area contributed by atoms with Gasteiger partial charge in [0.2, 0.25) is 5.91 Å². The van der Waals surface area contributed by atoms with Crippen LogP contribution in [0, 0.1) is 5.92 Å². The smallest absolute Gasteiger partial charge is 0.328 e. The largest absolute Gasteiger partial charge is 0.481 e. The number of piperidine rings is 1. The number of amides is 1. The summed E-state index contributed by atoms with van der Waals surface area (Å²) >= 11 is 0. The molecule has 1 aromatic heterocycles. The van der Waals surface area contributed by atoms with Crippen LogP contribution in [0.25, 0.3) is 0 Å². The highest BCUT2D eigenvalue weighted by molar-refractivity contribution is 5.77. The third-order valence-corrected chi connectivity index (χ3v) is 3.75. The van der Waals surface area contributed by atoms with Crippen LogP contribution in [0.1, 0.15) is 19.8 Å². The molecule has 0 radical (unpaired) electrons. The number of carboxylic acid groups (broad SMARTS) is 1. The summed E-state index contributed by atoms with van der Waals surface area (Å²) in [5.41, 5.74) is -1.15. The van der Waals surface area contributed by atoms with Gasteiger partial charge in [0, 0.05) is 24.8 Å². The number of rotatable bonds is 3. The first-order valence-corrected chi connectivity index (χ1v) is 6.70. The van der Waals surface area contributed by atoms with Gasteiger partial charge in [-0.15, -0.1) is 0 Å². The Kier molecular flexibility index (Phi) is 4.25. The van der Waals surface area contributed by atoms with Crippen molar-refractivity contribution in [1.29, 1.82) is 0 Å². The monoisotopic (exact) mass is 295 g/mol. The van der Waals surface area contributed by atoms with E-state index in [1.54, 1.807) is 11.8 Å². The molecular formula is C13H17N3O5. The molecule has 2 heterocycles. The van der Waals surface area contributed by atoms with E-state index in [-0.39, 0.29) is 18.5 Å². The van der Waals surface area contributed by atoms with Crippen LogP contribution in [0.2, 0.25) is 0 Å². The van der Waals surface area contributed by atoms with Crippen LogP contribution in [0.4, 0.5) is 0 Å². The van der Waals surface area contributed by atoms with E-state index in [0.717, 1.165) is 4.57 Å². The predicted octanol–water partition coefficient (Wildman–Crippen LogP) is -0.752. The summed E-state index contributed by atoms with van der Waals surface area (Å²) in [6, 6.07) is 0.986. The molecule has 2 rings (SSSR count). The third kappa shape index (κ3) is 3.39. The summed E-state index contributed by atoms with van der Waals surface area (Å²) in [5, 5.41) is 9.00. The standard InChI is InChI=1S/C13H17N3O5/c1-8-6-9(12(19)20)2-5-16(8)11(18)7-15-4-3-10(17)14-13(15)21/h3-4,8-9H,2,5-7H2,1H3,(H,19,20)(H,14,17,21). The molecule has 21 heavy (non-hydrogen) atoms. The number of H-pyrrole nitrogens is 1. The van der Waals surface area contributed by atoms with Crippen molar-refractivity contribution in [2.75, 3.05) is 6.54 Å². The Morgan fingerprint density at radius 2 is 2.14 bits per heavy atom. The van der Waals surface area contributed by atoms with E-state index in [4.69, 9.17) is 5.11 Å². The van der Waals surface area contributed by atoms with Crippen LogP contribution in [-0.4, -0.2) is 44.0 Å². The molecule has 1 aliphatic rings. The number of aromatic nitrogens is 2. The maximum atomic E-state index is 12.2. The predicted molar refractivity (Wildman–Crippen MR) is 72.9 cm³/mol. The Morgan fingerprint density at radius 3 is 2.71 bits per heavy atom. The maximum absolute atomic E-state index is 12.2.